The van der Waals surface area contributed by atoms with Crippen LogP contribution in [0.3, 0.4) is 0 Å². The van der Waals surface area contributed by atoms with Crippen molar-refractivity contribution >= 4 is 54.9 Å². The van der Waals surface area contributed by atoms with E-state index in [-0.39, 0.29) is 4.90 Å². The molecule has 4 nitrogen and oxygen atoms in total. The average molecular weight is 373 g/mol. The zero-order chi connectivity index (χ0) is 13.9. The van der Waals surface area contributed by atoms with E-state index in [1.807, 2.05) is 0 Å². The molecule has 1 N–H and O–H groups in total. The molecule has 0 aliphatic heterocycles. The molecule has 18 heavy (non-hydrogen) atoms. The van der Waals surface area contributed by atoms with Gasteiger partial charge in [-0.1, -0.05) is 39.1 Å². The minimum absolute atomic E-state index is 0.0201. The SMILES string of the molecule is CC(=O)NC(=C(Cl)Cl)S(=O)(=O)c1ccc(Br)cc1. The molecule has 0 fully saturated rings. The summed E-state index contributed by atoms with van der Waals surface area (Å²) < 4.78 is 24.5. The van der Waals surface area contributed by atoms with Crippen LogP contribution in [0.5, 0.6) is 0 Å². The molecule has 1 rings (SSSR count). The third-order valence-electron chi connectivity index (χ3n) is 1.85. The van der Waals surface area contributed by atoms with Gasteiger partial charge >= 0.3 is 0 Å². The molecule has 0 heterocycles. The highest BCUT2D eigenvalue weighted by molar-refractivity contribution is 9.10. The Kier molecular flexibility index (Phi) is 5.21. The zero-order valence-corrected chi connectivity index (χ0v) is 13.0. The molecule has 0 aliphatic rings. The van der Waals surface area contributed by atoms with Crippen LogP contribution in [0, 0.1) is 0 Å². The van der Waals surface area contributed by atoms with Gasteiger partial charge in [-0.3, -0.25) is 4.79 Å². The van der Waals surface area contributed by atoms with Gasteiger partial charge in [-0.25, -0.2) is 8.42 Å². The fourth-order valence-corrected chi connectivity index (χ4v) is 3.29. The number of amides is 1. The molecule has 0 saturated heterocycles. The number of halogens is 3. The number of hydrogen-bond donors (Lipinski definition) is 1. The number of hydrogen-bond acceptors (Lipinski definition) is 3. The van der Waals surface area contributed by atoms with Gasteiger partial charge in [0, 0.05) is 11.4 Å². The first-order valence-electron chi connectivity index (χ1n) is 4.58. The van der Waals surface area contributed by atoms with Gasteiger partial charge in [0.05, 0.1) is 4.90 Å². The lowest BCUT2D eigenvalue weighted by molar-refractivity contribution is -0.118. The summed E-state index contributed by atoms with van der Waals surface area (Å²) in [6, 6.07) is 5.86. The van der Waals surface area contributed by atoms with E-state index in [1.54, 1.807) is 12.1 Å². The first-order valence-corrected chi connectivity index (χ1v) is 7.62. The Balaban J connectivity index is 3.31. The highest BCUT2D eigenvalue weighted by Gasteiger charge is 2.24. The van der Waals surface area contributed by atoms with E-state index < -0.39 is 25.3 Å². The van der Waals surface area contributed by atoms with Crippen molar-refractivity contribution in [2.75, 3.05) is 0 Å². The maximum atomic E-state index is 12.2. The molecule has 0 radical (unpaired) electrons. The maximum Gasteiger partial charge on any atom is 0.224 e. The van der Waals surface area contributed by atoms with E-state index in [0.717, 1.165) is 11.4 Å². The van der Waals surface area contributed by atoms with Gasteiger partial charge < -0.3 is 5.32 Å². The van der Waals surface area contributed by atoms with Crippen LogP contribution in [0.1, 0.15) is 6.92 Å². The summed E-state index contributed by atoms with van der Waals surface area (Å²) in [6.07, 6.45) is 0. The second kappa shape index (κ2) is 6.06. The van der Waals surface area contributed by atoms with E-state index in [2.05, 4.69) is 21.2 Å². The van der Waals surface area contributed by atoms with Gasteiger partial charge in [0.1, 0.15) is 4.49 Å². The fourth-order valence-electron chi connectivity index (χ4n) is 1.11. The molecule has 1 amide bonds. The molecule has 0 unspecified atom stereocenters. The Morgan fingerprint density at radius 2 is 1.72 bits per heavy atom. The van der Waals surface area contributed by atoms with Crippen molar-refractivity contribution in [1.29, 1.82) is 0 Å². The first-order chi connectivity index (χ1) is 8.25. The Morgan fingerprint density at radius 3 is 2.11 bits per heavy atom. The monoisotopic (exact) mass is 371 g/mol. The Hall–Kier alpha value is -0.560. The van der Waals surface area contributed by atoms with Gasteiger partial charge in [0.2, 0.25) is 15.7 Å². The summed E-state index contributed by atoms with van der Waals surface area (Å²) in [5.74, 6) is -0.579. The maximum absolute atomic E-state index is 12.2. The molecule has 8 heteroatoms. The summed E-state index contributed by atoms with van der Waals surface area (Å²) in [6.45, 7) is 1.16. The lowest BCUT2D eigenvalue weighted by Crippen LogP contribution is -2.25. The second-order valence-electron chi connectivity index (χ2n) is 3.23. The van der Waals surface area contributed by atoms with E-state index in [1.165, 1.54) is 12.1 Å². The molecule has 1 aromatic carbocycles. The van der Waals surface area contributed by atoms with Crippen LogP contribution in [0.4, 0.5) is 0 Å². The van der Waals surface area contributed by atoms with Gasteiger partial charge in [-0.2, -0.15) is 0 Å². The van der Waals surface area contributed by atoms with Crippen LogP contribution >= 0.6 is 39.1 Å². The van der Waals surface area contributed by atoms with Crippen molar-refractivity contribution in [2.45, 2.75) is 11.8 Å². The standard InChI is InChI=1S/C10H8BrCl2NO3S/c1-6(15)14-10(9(12)13)18(16,17)8-4-2-7(11)3-5-8/h2-5H,1H3,(H,14,15). The minimum Gasteiger partial charge on any atom is -0.315 e. The van der Waals surface area contributed by atoms with Crippen LogP contribution in [0.15, 0.2) is 43.2 Å². The smallest absolute Gasteiger partial charge is 0.224 e. The summed E-state index contributed by atoms with van der Waals surface area (Å²) in [5.41, 5.74) is 0. The number of rotatable bonds is 3. The second-order valence-corrected chi connectivity index (χ2v) is 6.98. The molecular formula is C10H8BrCl2NO3S. The number of benzene rings is 1. The van der Waals surface area contributed by atoms with Gasteiger partial charge in [-0.15, -0.1) is 0 Å². The molecule has 0 aromatic heterocycles. The Bertz CT molecular complexity index is 592. The molecule has 1 aromatic rings. The van der Waals surface area contributed by atoms with Crippen LogP contribution in [0.25, 0.3) is 0 Å². The number of carbonyl (C=O) groups is 1. The van der Waals surface area contributed by atoms with Crippen molar-refractivity contribution in [3.8, 4) is 0 Å². The van der Waals surface area contributed by atoms with E-state index in [9.17, 15) is 13.2 Å². The van der Waals surface area contributed by atoms with Crippen LogP contribution < -0.4 is 5.32 Å². The van der Waals surface area contributed by atoms with Crippen molar-refractivity contribution < 1.29 is 13.2 Å². The number of sulfone groups is 1. The Morgan fingerprint density at radius 1 is 1.22 bits per heavy atom. The van der Waals surface area contributed by atoms with Crippen LogP contribution in [-0.4, -0.2) is 14.3 Å². The van der Waals surface area contributed by atoms with E-state index in [0.29, 0.717) is 0 Å². The lowest BCUT2D eigenvalue weighted by Gasteiger charge is -2.09. The topological polar surface area (TPSA) is 63.2 Å². The highest BCUT2D eigenvalue weighted by atomic mass is 79.9. The van der Waals surface area contributed by atoms with Gasteiger partial charge in [-0.05, 0) is 24.3 Å². The molecule has 98 valence electrons. The predicted molar refractivity (Wildman–Crippen MR) is 73.9 cm³/mol. The molecule has 0 aliphatic carbocycles. The fraction of sp³-hybridized carbons (Fsp3) is 0.100. The summed E-state index contributed by atoms with van der Waals surface area (Å²) >= 11 is 14.2. The van der Waals surface area contributed by atoms with E-state index >= 15 is 0 Å². The Labute approximate surface area is 123 Å². The number of nitrogens with one attached hydrogen (secondary N) is 1. The van der Waals surface area contributed by atoms with E-state index in [4.69, 9.17) is 23.2 Å². The normalized spacial score (nSPS) is 10.9. The van der Waals surface area contributed by atoms with Crippen LogP contribution in [-0.2, 0) is 14.6 Å². The van der Waals surface area contributed by atoms with Crippen molar-refractivity contribution in [3.63, 3.8) is 0 Å². The minimum atomic E-state index is -3.95. The first kappa shape index (κ1) is 15.5. The third kappa shape index (κ3) is 3.71. The van der Waals surface area contributed by atoms with Gasteiger partial charge in [0.15, 0.2) is 5.03 Å². The van der Waals surface area contributed by atoms with Crippen LogP contribution in [0.2, 0.25) is 0 Å². The van der Waals surface area contributed by atoms with Crippen molar-refractivity contribution in [3.05, 3.63) is 38.3 Å². The van der Waals surface area contributed by atoms with Gasteiger partial charge in [0.25, 0.3) is 0 Å². The predicted octanol–water partition coefficient (Wildman–Crippen LogP) is 2.96. The molecule has 0 spiro atoms. The quantitative estimate of drug-likeness (QED) is 0.887. The number of carbonyl (C=O) groups excluding carboxylic acids is 1. The zero-order valence-electron chi connectivity index (χ0n) is 9.08. The molecular weight excluding hydrogens is 365 g/mol. The lowest BCUT2D eigenvalue weighted by atomic mass is 10.4. The summed E-state index contributed by atoms with van der Waals surface area (Å²) in [5, 5.41) is 1.58. The molecule has 0 saturated carbocycles. The third-order valence-corrected chi connectivity index (χ3v) is 4.72. The summed E-state index contributed by atoms with van der Waals surface area (Å²) in [7, 11) is -3.95. The average Bonchev–Trinajstić information content (AvgIpc) is 2.25. The molecule has 0 bridgehead atoms. The summed E-state index contributed by atoms with van der Waals surface area (Å²) in [4.78, 5) is 10.9. The van der Waals surface area contributed by atoms with Crippen molar-refractivity contribution in [2.24, 2.45) is 0 Å². The van der Waals surface area contributed by atoms with Crippen molar-refractivity contribution in [1.82, 2.24) is 5.32 Å². The largest absolute Gasteiger partial charge is 0.315 e. The highest BCUT2D eigenvalue weighted by Crippen LogP contribution is 2.25. The molecule has 0 atom stereocenters.